The standard InChI is InChI=1S/C42H52B2O4.C30H28Br2.C12H24B2O4.2CH4/c1-29(2)28-42(11,34-20-12-30(13-21-34)32-16-24-36(25-17-32)43-45-38(3,4)39(5,6)46-43)35-22-14-31(15-23-35)33-18-26-37(27-19-33)44-47-40(7,8)41(9,10)48-44;1-21(2)20-30(3,26-12-4-22(5-13-26)24-8-16-28(31)17-9-24)27-14-6-23(7-15-27)25-10-18-29(32)19-11-25;1-9(2)10(3,4)16-13(15-9)14-17-11(5,6)12(7,8)18-14;;/h12-27,29H,28H2,1-11H3;4-19,21H,20H2,1-3H3;1-8H3;2*1H4. The zero-order valence-corrected chi connectivity index (χ0v) is 65.5. The minimum Gasteiger partial charge on any atom is -0.405 e. The summed E-state index contributed by atoms with van der Waals surface area (Å²) in [6.45, 7) is 46.9. The molecule has 4 aliphatic heterocycles. The molecule has 14 heteroatoms. The van der Waals surface area contributed by atoms with Crippen LogP contribution in [0.2, 0.25) is 0 Å². The average molecular weight is 1480 g/mol. The third kappa shape index (κ3) is 17.2. The molecule has 0 amide bonds. The average Bonchev–Trinajstić information content (AvgIpc) is 1.55. The van der Waals surface area contributed by atoms with Crippen molar-refractivity contribution in [2.75, 3.05) is 0 Å². The van der Waals surface area contributed by atoms with Crippen molar-refractivity contribution in [3.05, 3.63) is 225 Å². The summed E-state index contributed by atoms with van der Waals surface area (Å²) >= 11 is 7.05. The SMILES string of the molecule is C.C.CC(C)CC(C)(c1ccc(-c2ccc(B3OC(C)(C)C(C)(C)O3)cc2)cc1)c1ccc(-c2ccc(B3OC(C)(C)C(C)(C)O3)cc2)cc1.CC(C)CC(C)(c1ccc(-c2ccc(Br)cc2)cc1)c1ccc(-c2ccc(Br)cc2)cc1.CC1(C)OB(B2OC(C)(C)C(C)(C)O2)OC1(C)C. The van der Waals surface area contributed by atoms with Crippen LogP contribution in [-0.2, 0) is 48.1 Å². The molecule has 0 bridgehead atoms. The van der Waals surface area contributed by atoms with Gasteiger partial charge < -0.3 is 37.2 Å². The maximum absolute atomic E-state index is 6.26. The lowest BCUT2D eigenvalue weighted by Crippen LogP contribution is -2.41. The van der Waals surface area contributed by atoms with Crippen LogP contribution >= 0.6 is 31.9 Å². The lowest BCUT2D eigenvalue weighted by atomic mass is 9.49. The van der Waals surface area contributed by atoms with Gasteiger partial charge in [0, 0.05) is 19.8 Å². The molecule has 0 saturated carbocycles. The second-order valence-electron chi connectivity index (χ2n) is 32.9. The highest BCUT2D eigenvalue weighted by molar-refractivity contribution is 9.10. The fourth-order valence-electron chi connectivity index (χ4n) is 13.5. The molecule has 0 aromatic heterocycles. The van der Waals surface area contributed by atoms with Crippen molar-refractivity contribution in [1.82, 2.24) is 0 Å². The van der Waals surface area contributed by atoms with Gasteiger partial charge in [-0.05, 0) is 237 Å². The van der Waals surface area contributed by atoms with E-state index in [1.165, 1.54) is 66.8 Å². The Morgan fingerprint density at radius 3 is 0.610 bits per heavy atom. The van der Waals surface area contributed by atoms with Crippen LogP contribution < -0.4 is 10.9 Å². The molecule has 4 saturated heterocycles. The predicted molar refractivity (Wildman–Crippen MR) is 432 cm³/mol. The third-order valence-corrected chi connectivity index (χ3v) is 23.4. The first-order chi connectivity index (χ1) is 45.6. The molecule has 12 rings (SSSR count). The van der Waals surface area contributed by atoms with Crippen molar-refractivity contribution in [3.63, 3.8) is 0 Å². The van der Waals surface area contributed by atoms with Gasteiger partial charge in [-0.3, -0.25) is 0 Å². The minimum atomic E-state index is -0.476. The largest absolute Gasteiger partial charge is 0.494 e. The molecule has 530 valence electrons. The molecule has 0 atom stereocenters. The molecule has 0 spiro atoms. The van der Waals surface area contributed by atoms with Crippen LogP contribution in [0.5, 0.6) is 0 Å². The van der Waals surface area contributed by atoms with Gasteiger partial charge in [0.1, 0.15) is 0 Å². The quantitative estimate of drug-likeness (QED) is 0.0940. The van der Waals surface area contributed by atoms with Gasteiger partial charge in [0.15, 0.2) is 0 Å². The van der Waals surface area contributed by atoms with Gasteiger partial charge in [-0.15, -0.1) is 0 Å². The molecule has 4 aliphatic rings. The number of hydrogen-bond acceptors (Lipinski definition) is 8. The molecule has 0 N–H and O–H groups in total. The van der Waals surface area contributed by atoms with Crippen LogP contribution in [0.1, 0.15) is 202 Å². The first-order valence-corrected chi connectivity index (χ1v) is 36.8. The van der Waals surface area contributed by atoms with E-state index in [4.69, 9.17) is 37.2 Å². The Kier molecular flexibility index (Phi) is 24.4. The summed E-state index contributed by atoms with van der Waals surface area (Å²) in [5.41, 5.74) is 14.2. The number of rotatable bonds is 15. The topological polar surface area (TPSA) is 73.8 Å². The molecular weight excluding hydrogens is 1360 g/mol. The van der Waals surface area contributed by atoms with Crippen molar-refractivity contribution < 1.29 is 37.2 Å². The Morgan fingerprint density at radius 2 is 0.430 bits per heavy atom. The van der Waals surface area contributed by atoms with E-state index in [1.807, 2.05) is 55.4 Å². The maximum Gasteiger partial charge on any atom is 0.494 e. The van der Waals surface area contributed by atoms with Crippen LogP contribution in [0.4, 0.5) is 0 Å². The van der Waals surface area contributed by atoms with Crippen LogP contribution in [0.25, 0.3) is 44.5 Å². The monoisotopic (exact) mass is 1470 g/mol. The molecule has 4 heterocycles. The van der Waals surface area contributed by atoms with Gasteiger partial charge in [0.25, 0.3) is 0 Å². The molecule has 0 unspecified atom stereocenters. The van der Waals surface area contributed by atoms with Gasteiger partial charge in [-0.1, -0.05) is 258 Å². The second kappa shape index (κ2) is 30.4. The maximum atomic E-state index is 6.26. The summed E-state index contributed by atoms with van der Waals surface area (Å²) < 4.78 is 51.1. The Labute approximate surface area is 621 Å². The molecule has 8 aromatic rings. The fraction of sp³-hybridized carbons (Fsp3) is 0.442. The normalized spacial score (nSPS) is 18.9. The van der Waals surface area contributed by atoms with Crippen LogP contribution in [0, 0.1) is 11.8 Å². The lowest BCUT2D eigenvalue weighted by Gasteiger charge is -2.33. The van der Waals surface area contributed by atoms with Crippen LogP contribution in [-0.4, -0.2) is 73.1 Å². The second-order valence-corrected chi connectivity index (χ2v) is 34.7. The highest BCUT2D eigenvalue weighted by atomic mass is 79.9. The van der Waals surface area contributed by atoms with E-state index in [-0.39, 0.29) is 84.7 Å². The summed E-state index contributed by atoms with van der Waals surface area (Å²) in [7, 11) is -1.65. The van der Waals surface area contributed by atoms with E-state index in [9.17, 15) is 0 Å². The van der Waals surface area contributed by atoms with Crippen LogP contribution in [0.15, 0.2) is 203 Å². The lowest BCUT2D eigenvalue weighted by molar-refractivity contribution is 0.00578. The Hall–Kier alpha value is -5.34. The molecular formula is C86H112B4Br2O8. The van der Waals surface area contributed by atoms with Gasteiger partial charge in [-0.2, -0.15) is 0 Å². The van der Waals surface area contributed by atoms with Gasteiger partial charge in [-0.25, -0.2) is 0 Å². The third-order valence-electron chi connectivity index (χ3n) is 22.4. The Bertz CT molecular complexity index is 3670. The van der Waals surface area contributed by atoms with Crippen LogP contribution in [0.3, 0.4) is 0 Å². The zero-order chi connectivity index (χ0) is 71.4. The van der Waals surface area contributed by atoms with E-state index in [0.29, 0.717) is 11.8 Å². The van der Waals surface area contributed by atoms with Crippen molar-refractivity contribution in [3.8, 4) is 44.5 Å². The molecule has 0 aliphatic carbocycles. The molecule has 100 heavy (non-hydrogen) atoms. The molecule has 0 radical (unpaired) electrons. The summed E-state index contributed by atoms with van der Waals surface area (Å²) in [4.78, 5) is 0. The smallest absolute Gasteiger partial charge is 0.405 e. The van der Waals surface area contributed by atoms with Gasteiger partial charge in [0.2, 0.25) is 0 Å². The summed E-state index contributed by atoms with van der Waals surface area (Å²) in [6.07, 6.45) is 2.15. The fourth-order valence-corrected chi connectivity index (χ4v) is 14.0. The van der Waals surface area contributed by atoms with Gasteiger partial charge in [0.05, 0.1) is 44.8 Å². The van der Waals surface area contributed by atoms with E-state index in [0.717, 1.165) is 32.7 Å². The Morgan fingerprint density at radius 1 is 0.270 bits per heavy atom. The Balaban J connectivity index is 0.000000210. The number of halogens is 2. The zero-order valence-electron chi connectivity index (χ0n) is 62.4. The first-order valence-electron chi connectivity index (χ1n) is 35.2. The summed E-state index contributed by atoms with van der Waals surface area (Å²) in [5, 5.41) is 0. The van der Waals surface area contributed by atoms with Crippen molar-refractivity contribution in [2.24, 2.45) is 11.8 Å². The van der Waals surface area contributed by atoms with E-state index in [1.54, 1.807) is 0 Å². The summed E-state index contributed by atoms with van der Waals surface area (Å²) in [5.74, 6) is 1.14. The highest BCUT2D eigenvalue weighted by Gasteiger charge is 2.64. The van der Waals surface area contributed by atoms with Gasteiger partial charge >= 0.3 is 28.3 Å². The molecule has 8 nitrogen and oxygen atoms in total. The van der Waals surface area contributed by atoms with Crippen molar-refractivity contribution in [1.29, 1.82) is 0 Å². The van der Waals surface area contributed by atoms with E-state index < -0.39 is 14.0 Å². The summed E-state index contributed by atoms with van der Waals surface area (Å²) in [6, 6.07) is 70.7. The van der Waals surface area contributed by atoms with E-state index >= 15 is 0 Å². The van der Waals surface area contributed by atoms with E-state index in [2.05, 4.69) is 323 Å². The molecule has 4 fully saturated rings. The van der Waals surface area contributed by atoms with Crippen molar-refractivity contribution in [2.45, 2.75) is 236 Å². The van der Waals surface area contributed by atoms with Crippen molar-refractivity contribution >= 4 is 71.0 Å². The molecule has 8 aromatic carbocycles. The predicted octanol–water partition coefficient (Wildman–Crippen LogP) is 22.4. The highest BCUT2D eigenvalue weighted by Crippen LogP contribution is 2.46. The number of hydrogen-bond donors (Lipinski definition) is 0. The number of benzene rings is 8. The first kappa shape index (κ1) is 80.3. The minimum absolute atomic E-state index is 0.